The zero-order valence-electron chi connectivity index (χ0n) is 21.4. The summed E-state index contributed by atoms with van der Waals surface area (Å²) in [5.41, 5.74) is 3.01. The van der Waals surface area contributed by atoms with Crippen LogP contribution < -0.4 is 20.7 Å². The van der Waals surface area contributed by atoms with Crippen LogP contribution in [-0.2, 0) is 20.2 Å². The first-order valence-electron chi connectivity index (χ1n) is 12.0. The Bertz CT molecular complexity index is 1260. The van der Waals surface area contributed by atoms with Gasteiger partial charge in [-0.2, -0.15) is 0 Å². The van der Waals surface area contributed by atoms with E-state index in [-0.39, 0.29) is 28.9 Å². The molecule has 2 amide bonds. The number of benzene rings is 2. The monoisotopic (exact) mass is 513 g/mol. The third kappa shape index (κ3) is 7.81. The van der Waals surface area contributed by atoms with E-state index in [4.69, 9.17) is 0 Å². The van der Waals surface area contributed by atoms with Crippen LogP contribution in [0.5, 0.6) is 0 Å². The second kappa shape index (κ2) is 11.1. The largest absolute Gasteiger partial charge is 0.355 e. The minimum Gasteiger partial charge on any atom is -0.355 e. The molecular weight excluding hydrogens is 478 g/mol. The number of rotatable bonds is 8. The van der Waals surface area contributed by atoms with Crippen molar-refractivity contribution in [1.82, 2.24) is 10.6 Å². The standard InChI is InChI=1S/C26H35N5O4S/c1-17(2)12-14-36(34,35)31-20-8-6-7-19(16-20)28-22-10-9-18(15-21(22)26(3,4)5)24(33)30-25-27-13-11-23(32)29-25/h6-10,15-17,28,31H,11-14H2,1-5H3,(H2,27,29,30,32,33). The summed E-state index contributed by atoms with van der Waals surface area (Å²) in [4.78, 5) is 28.5. The molecule has 3 rings (SSSR count). The SMILES string of the molecule is CC(C)CCS(=O)(=O)Nc1cccc(Nc2ccc(C(=O)NC3=NCCC(=O)N3)cc2C(C)(C)C)c1. The van der Waals surface area contributed by atoms with Gasteiger partial charge in [0.1, 0.15) is 0 Å². The molecule has 1 heterocycles. The summed E-state index contributed by atoms with van der Waals surface area (Å²) in [5, 5.41) is 8.57. The summed E-state index contributed by atoms with van der Waals surface area (Å²) in [6.45, 7) is 10.4. The third-order valence-corrected chi connectivity index (χ3v) is 6.89. The number of amides is 2. The normalized spacial score (nSPS) is 14.2. The third-order valence-electron chi connectivity index (χ3n) is 5.57. The molecule has 194 valence electrons. The fourth-order valence-corrected chi connectivity index (χ4v) is 4.98. The zero-order chi connectivity index (χ0) is 26.5. The van der Waals surface area contributed by atoms with Crippen LogP contribution in [-0.4, -0.2) is 38.5 Å². The Morgan fingerprint density at radius 1 is 1.11 bits per heavy atom. The maximum Gasteiger partial charge on any atom is 0.257 e. The van der Waals surface area contributed by atoms with Gasteiger partial charge in [-0.25, -0.2) is 8.42 Å². The Balaban J connectivity index is 1.80. The van der Waals surface area contributed by atoms with Crippen molar-refractivity contribution < 1.29 is 18.0 Å². The Morgan fingerprint density at radius 2 is 1.83 bits per heavy atom. The molecule has 0 fully saturated rings. The Morgan fingerprint density at radius 3 is 2.50 bits per heavy atom. The summed E-state index contributed by atoms with van der Waals surface area (Å²) in [5.74, 6) is -0.0328. The fourth-order valence-electron chi connectivity index (χ4n) is 3.61. The number of guanidine groups is 1. The second-order valence-electron chi connectivity index (χ2n) is 10.3. The number of nitrogens with zero attached hydrogens (tertiary/aromatic N) is 1. The lowest BCUT2D eigenvalue weighted by atomic mass is 9.84. The Hall–Kier alpha value is -3.40. The molecule has 0 spiro atoms. The predicted octanol–water partition coefficient (Wildman–Crippen LogP) is 4.12. The summed E-state index contributed by atoms with van der Waals surface area (Å²) >= 11 is 0. The van der Waals surface area contributed by atoms with Gasteiger partial charge in [0, 0.05) is 23.4 Å². The molecule has 2 aromatic rings. The van der Waals surface area contributed by atoms with E-state index < -0.39 is 10.0 Å². The highest BCUT2D eigenvalue weighted by atomic mass is 32.2. The average Bonchev–Trinajstić information content (AvgIpc) is 2.77. The lowest BCUT2D eigenvalue weighted by molar-refractivity contribution is -0.119. The van der Waals surface area contributed by atoms with Crippen LogP contribution in [0.15, 0.2) is 47.5 Å². The van der Waals surface area contributed by atoms with Gasteiger partial charge < -0.3 is 5.32 Å². The van der Waals surface area contributed by atoms with E-state index in [0.29, 0.717) is 42.2 Å². The van der Waals surface area contributed by atoms with Crippen molar-refractivity contribution in [3.63, 3.8) is 0 Å². The number of sulfonamides is 1. The maximum atomic E-state index is 12.8. The van der Waals surface area contributed by atoms with Gasteiger partial charge in [0.15, 0.2) is 0 Å². The molecule has 0 unspecified atom stereocenters. The molecular formula is C26H35N5O4S. The van der Waals surface area contributed by atoms with Crippen LogP contribution >= 0.6 is 0 Å². The number of carbonyl (C=O) groups excluding carboxylic acids is 2. The molecule has 9 nitrogen and oxygen atoms in total. The highest BCUT2D eigenvalue weighted by molar-refractivity contribution is 7.92. The van der Waals surface area contributed by atoms with Gasteiger partial charge in [-0.05, 0) is 59.7 Å². The molecule has 0 saturated carbocycles. The molecule has 0 aromatic heterocycles. The summed E-state index contributed by atoms with van der Waals surface area (Å²) in [7, 11) is -3.44. The van der Waals surface area contributed by atoms with Crippen LogP contribution in [0.4, 0.5) is 17.1 Å². The number of hydrogen-bond acceptors (Lipinski definition) is 6. The molecule has 10 heteroatoms. The van der Waals surface area contributed by atoms with Crippen LogP contribution in [0.2, 0.25) is 0 Å². The minimum absolute atomic E-state index is 0.0656. The molecule has 0 bridgehead atoms. The van der Waals surface area contributed by atoms with E-state index in [1.807, 2.05) is 46.8 Å². The van der Waals surface area contributed by atoms with Crippen molar-refractivity contribution in [2.45, 2.75) is 52.9 Å². The van der Waals surface area contributed by atoms with Gasteiger partial charge in [0.25, 0.3) is 5.91 Å². The van der Waals surface area contributed by atoms with E-state index in [1.54, 1.807) is 30.3 Å². The Kier molecular flexibility index (Phi) is 8.39. The molecule has 2 aromatic carbocycles. The van der Waals surface area contributed by atoms with Crippen molar-refractivity contribution in [2.24, 2.45) is 10.9 Å². The number of carbonyl (C=O) groups is 2. The van der Waals surface area contributed by atoms with Crippen LogP contribution in [0, 0.1) is 5.92 Å². The minimum atomic E-state index is -3.44. The van der Waals surface area contributed by atoms with E-state index in [0.717, 1.165) is 11.3 Å². The fraction of sp³-hybridized carbons (Fsp3) is 0.423. The van der Waals surface area contributed by atoms with Crippen molar-refractivity contribution >= 4 is 44.9 Å². The molecule has 1 aliphatic rings. The van der Waals surface area contributed by atoms with E-state index in [2.05, 4.69) is 25.7 Å². The topological polar surface area (TPSA) is 129 Å². The Labute approximate surface area is 213 Å². The van der Waals surface area contributed by atoms with E-state index >= 15 is 0 Å². The van der Waals surface area contributed by atoms with Crippen molar-refractivity contribution in [2.75, 3.05) is 22.3 Å². The predicted molar refractivity (Wildman–Crippen MR) is 144 cm³/mol. The number of nitrogens with one attached hydrogen (secondary N) is 4. The highest BCUT2D eigenvalue weighted by Crippen LogP contribution is 2.33. The first kappa shape index (κ1) is 27.2. The molecule has 0 saturated heterocycles. The van der Waals surface area contributed by atoms with Crippen molar-refractivity contribution in [3.8, 4) is 0 Å². The molecule has 36 heavy (non-hydrogen) atoms. The summed E-state index contributed by atoms with van der Waals surface area (Å²) < 4.78 is 27.5. The van der Waals surface area contributed by atoms with E-state index in [9.17, 15) is 18.0 Å². The number of hydrogen-bond donors (Lipinski definition) is 4. The zero-order valence-corrected chi connectivity index (χ0v) is 22.3. The summed E-state index contributed by atoms with van der Waals surface area (Å²) in [6.07, 6.45) is 0.885. The molecule has 1 aliphatic heterocycles. The lowest BCUT2D eigenvalue weighted by Crippen LogP contribution is -2.46. The van der Waals surface area contributed by atoms with Crippen LogP contribution in [0.1, 0.15) is 63.4 Å². The van der Waals surface area contributed by atoms with Crippen LogP contribution in [0.3, 0.4) is 0 Å². The molecule has 0 atom stereocenters. The van der Waals surface area contributed by atoms with Crippen LogP contribution in [0.25, 0.3) is 0 Å². The first-order valence-corrected chi connectivity index (χ1v) is 13.7. The summed E-state index contributed by atoms with van der Waals surface area (Å²) in [6, 6.07) is 12.4. The second-order valence-corrected chi connectivity index (χ2v) is 12.1. The maximum absolute atomic E-state index is 12.8. The smallest absolute Gasteiger partial charge is 0.257 e. The number of anilines is 3. The molecule has 0 aliphatic carbocycles. The quantitative estimate of drug-likeness (QED) is 0.422. The number of aliphatic imine (C=N–C) groups is 1. The van der Waals surface area contributed by atoms with Gasteiger partial charge >= 0.3 is 0 Å². The average molecular weight is 514 g/mol. The van der Waals surface area contributed by atoms with Gasteiger partial charge in [-0.15, -0.1) is 0 Å². The van der Waals surface area contributed by atoms with Gasteiger partial charge in [0.05, 0.1) is 18.0 Å². The van der Waals surface area contributed by atoms with Gasteiger partial charge in [-0.1, -0.05) is 40.7 Å². The van der Waals surface area contributed by atoms with Gasteiger partial charge in [-0.3, -0.25) is 29.9 Å². The van der Waals surface area contributed by atoms with E-state index in [1.165, 1.54) is 0 Å². The highest BCUT2D eigenvalue weighted by Gasteiger charge is 2.22. The van der Waals surface area contributed by atoms with Gasteiger partial charge in [0.2, 0.25) is 21.9 Å². The lowest BCUT2D eigenvalue weighted by Gasteiger charge is -2.25. The van der Waals surface area contributed by atoms with Crippen molar-refractivity contribution in [3.05, 3.63) is 53.6 Å². The first-order chi connectivity index (χ1) is 16.8. The molecule has 4 N–H and O–H groups in total. The molecule has 0 radical (unpaired) electrons. The van der Waals surface area contributed by atoms with Crippen molar-refractivity contribution in [1.29, 1.82) is 0 Å².